The number of rotatable bonds is 6. The molecule has 1 heterocycles. The summed E-state index contributed by atoms with van der Waals surface area (Å²) in [5, 5.41) is 7.95. The van der Waals surface area contributed by atoms with Crippen LogP contribution in [0.3, 0.4) is 0 Å². The number of amides is 1. The van der Waals surface area contributed by atoms with Gasteiger partial charge >= 0.3 is 0 Å². The second kappa shape index (κ2) is 6.68. The number of alkyl halides is 1. The predicted octanol–water partition coefficient (Wildman–Crippen LogP) is 2.97. The molecule has 5 heteroatoms. The van der Waals surface area contributed by atoms with Crippen molar-refractivity contribution >= 4 is 27.5 Å². The summed E-state index contributed by atoms with van der Waals surface area (Å²) in [4.78, 5) is 11.5. The van der Waals surface area contributed by atoms with E-state index >= 15 is 0 Å². The van der Waals surface area contributed by atoms with Crippen molar-refractivity contribution in [1.82, 2.24) is 9.78 Å². The fourth-order valence-corrected chi connectivity index (χ4v) is 1.69. The van der Waals surface area contributed by atoms with Gasteiger partial charge in [-0.05, 0) is 26.7 Å². The average Bonchev–Trinajstić information content (AvgIpc) is 2.66. The lowest BCUT2D eigenvalue weighted by atomic mass is 10.2. The molecule has 1 rings (SSSR count). The van der Waals surface area contributed by atoms with Crippen molar-refractivity contribution in [2.75, 3.05) is 10.6 Å². The minimum atomic E-state index is 0.0595. The Labute approximate surface area is 105 Å². The number of hydrogen-bond acceptors (Lipinski definition) is 2. The highest BCUT2D eigenvalue weighted by molar-refractivity contribution is 9.09. The highest BCUT2D eigenvalue weighted by Gasteiger charge is 2.05. The van der Waals surface area contributed by atoms with Gasteiger partial charge in [-0.3, -0.25) is 9.48 Å². The summed E-state index contributed by atoms with van der Waals surface area (Å²) in [6, 6.07) is 0.319. The predicted molar refractivity (Wildman–Crippen MR) is 68.9 cm³/mol. The molecule has 0 aliphatic heterocycles. The SMILES string of the molecule is CC(C)n1cc(NC(=O)CCCCBr)cn1. The molecule has 0 aliphatic rings. The zero-order chi connectivity index (χ0) is 12.0. The van der Waals surface area contributed by atoms with Crippen molar-refractivity contribution < 1.29 is 4.79 Å². The first-order valence-electron chi connectivity index (χ1n) is 5.53. The van der Waals surface area contributed by atoms with Crippen molar-refractivity contribution in [2.24, 2.45) is 0 Å². The summed E-state index contributed by atoms with van der Waals surface area (Å²) < 4.78 is 1.83. The molecule has 0 radical (unpaired) electrons. The molecule has 0 fully saturated rings. The van der Waals surface area contributed by atoms with Gasteiger partial charge in [0.15, 0.2) is 0 Å². The van der Waals surface area contributed by atoms with Crippen LogP contribution in [0.5, 0.6) is 0 Å². The number of carbonyl (C=O) groups excluding carboxylic acids is 1. The van der Waals surface area contributed by atoms with Crippen LogP contribution in [0, 0.1) is 0 Å². The molecule has 1 amide bonds. The molecule has 0 saturated carbocycles. The van der Waals surface area contributed by atoms with Crippen LogP contribution < -0.4 is 5.32 Å². The fraction of sp³-hybridized carbons (Fsp3) is 0.636. The van der Waals surface area contributed by atoms with Gasteiger partial charge in [-0.15, -0.1) is 0 Å². The first-order valence-corrected chi connectivity index (χ1v) is 6.65. The number of unbranched alkanes of at least 4 members (excludes halogenated alkanes) is 1. The molecule has 0 aromatic carbocycles. The van der Waals surface area contributed by atoms with Crippen molar-refractivity contribution in [3.8, 4) is 0 Å². The van der Waals surface area contributed by atoms with Crippen molar-refractivity contribution in [3.05, 3.63) is 12.4 Å². The molecule has 0 unspecified atom stereocenters. The van der Waals surface area contributed by atoms with Crippen LogP contribution >= 0.6 is 15.9 Å². The van der Waals surface area contributed by atoms with E-state index in [9.17, 15) is 4.79 Å². The average molecular weight is 288 g/mol. The maximum atomic E-state index is 11.5. The van der Waals surface area contributed by atoms with Gasteiger partial charge in [0, 0.05) is 24.0 Å². The monoisotopic (exact) mass is 287 g/mol. The normalized spacial score (nSPS) is 10.8. The molecular formula is C11H18BrN3O. The van der Waals surface area contributed by atoms with E-state index in [1.54, 1.807) is 6.20 Å². The van der Waals surface area contributed by atoms with Crippen molar-refractivity contribution in [1.29, 1.82) is 0 Å². The number of aromatic nitrogens is 2. The number of nitrogens with one attached hydrogen (secondary N) is 1. The molecule has 90 valence electrons. The number of halogens is 1. The summed E-state index contributed by atoms with van der Waals surface area (Å²) >= 11 is 3.34. The largest absolute Gasteiger partial charge is 0.323 e. The first-order chi connectivity index (χ1) is 7.63. The van der Waals surface area contributed by atoms with E-state index < -0.39 is 0 Å². The lowest BCUT2D eigenvalue weighted by Crippen LogP contribution is -2.10. The Morgan fingerprint density at radius 2 is 2.31 bits per heavy atom. The summed E-state index contributed by atoms with van der Waals surface area (Å²) in [6.07, 6.45) is 6.04. The summed E-state index contributed by atoms with van der Waals surface area (Å²) in [6.45, 7) is 4.10. The summed E-state index contributed by atoms with van der Waals surface area (Å²) in [5.41, 5.74) is 0.776. The van der Waals surface area contributed by atoms with E-state index in [0.29, 0.717) is 12.5 Å². The lowest BCUT2D eigenvalue weighted by Gasteiger charge is -2.04. The van der Waals surface area contributed by atoms with Gasteiger partial charge in [0.2, 0.25) is 5.91 Å². The molecule has 0 bridgehead atoms. The van der Waals surface area contributed by atoms with Gasteiger partial charge in [0.1, 0.15) is 0 Å². The molecule has 1 N–H and O–H groups in total. The minimum absolute atomic E-state index is 0.0595. The van der Waals surface area contributed by atoms with E-state index in [1.165, 1.54) is 0 Å². The van der Waals surface area contributed by atoms with Crippen molar-refractivity contribution in [3.63, 3.8) is 0 Å². The quantitative estimate of drug-likeness (QED) is 0.646. The van der Waals surface area contributed by atoms with E-state index in [0.717, 1.165) is 23.9 Å². The maximum Gasteiger partial charge on any atom is 0.224 e. The molecule has 0 aliphatic carbocycles. The second-order valence-corrected chi connectivity index (χ2v) is 4.79. The van der Waals surface area contributed by atoms with E-state index in [-0.39, 0.29) is 5.91 Å². The van der Waals surface area contributed by atoms with Crippen LogP contribution in [0.1, 0.15) is 39.2 Å². The standard InChI is InChI=1S/C11H18BrN3O/c1-9(2)15-8-10(7-13-15)14-11(16)5-3-4-6-12/h7-9H,3-6H2,1-2H3,(H,14,16). The van der Waals surface area contributed by atoms with Gasteiger partial charge < -0.3 is 5.32 Å². The zero-order valence-corrected chi connectivity index (χ0v) is 11.3. The first kappa shape index (κ1) is 13.2. The maximum absolute atomic E-state index is 11.5. The molecular weight excluding hydrogens is 270 g/mol. The molecule has 0 spiro atoms. The lowest BCUT2D eigenvalue weighted by molar-refractivity contribution is -0.116. The van der Waals surface area contributed by atoms with Crippen LogP contribution in [-0.2, 0) is 4.79 Å². The van der Waals surface area contributed by atoms with Gasteiger partial charge in [0.05, 0.1) is 11.9 Å². The molecule has 1 aromatic heterocycles. The van der Waals surface area contributed by atoms with Crippen LogP contribution in [0.15, 0.2) is 12.4 Å². The topological polar surface area (TPSA) is 46.9 Å². The molecule has 0 atom stereocenters. The third-order valence-corrected chi connectivity index (χ3v) is 2.76. The van der Waals surface area contributed by atoms with Crippen LogP contribution in [0.25, 0.3) is 0 Å². The Morgan fingerprint density at radius 3 is 2.88 bits per heavy atom. The van der Waals surface area contributed by atoms with Crippen LogP contribution in [0.4, 0.5) is 5.69 Å². The van der Waals surface area contributed by atoms with E-state index in [2.05, 4.69) is 40.2 Å². The Bertz CT molecular complexity index is 336. The van der Waals surface area contributed by atoms with Gasteiger partial charge in [-0.25, -0.2) is 0 Å². The molecule has 16 heavy (non-hydrogen) atoms. The van der Waals surface area contributed by atoms with E-state index in [4.69, 9.17) is 0 Å². The van der Waals surface area contributed by atoms with Gasteiger partial charge in [0.25, 0.3) is 0 Å². The molecule has 4 nitrogen and oxygen atoms in total. The molecule has 0 saturated heterocycles. The Morgan fingerprint density at radius 1 is 1.56 bits per heavy atom. The smallest absolute Gasteiger partial charge is 0.224 e. The number of hydrogen-bond donors (Lipinski definition) is 1. The number of anilines is 1. The third-order valence-electron chi connectivity index (χ3n) is 2.20. The Hall–Kier alpha value is -0.840. The Balaban J connectivity index is 2.37. The van der Waals surface area contributed by atoms with Gasteiger partial charge in [-0.2, -0.15) is 5.10 Å². The van der Waals surface area contributed by atoms with Gasteiger partial charge in [-0.1, -0.05) is 15.9 Å². The molecule has 1 aromatic rings. The van der Waals surface area contributed by atoms with E-state index in [1.807, 2.05) is 10.9 Å². The number of carbonyl (C=O) groups is 1. The second-order valence-electron chi connectivity index (χ2n) is 4.00. The highest BCUT2D eigenvalue weighted by atomic mass is 79.9. The third kappa shape index (κ3) is 4.35. The highest BCUT2D eigenvalue weighted by Crippen LogP contribution is 2.10. The summed E-state index contributed by atoms with van der Waals surface area (Å²) in [7, 11) is 0. The number of nitrogens with zero attached hydrogens (tertiary/aromatic N) is 2. The van der Waals surface area contributed by atoms with Crippen LogP contribution in [0.2, 0.25) is 0 Å². The zero-order valence-electron chi connectivity index (χ0n) is 9.74. The van der Waals surface area contributed by atoms with Crippen molar-refractivity contribution in [2.45, 2.75) is 39.2 Å². The van der Waals surface area contributed by atoms with Crippen LogP contribution in [-0.4, -0.2) is 21.0 Å². The Kier molecular flexibility index (Phi) is 5.52. The minimum Gasteiger partial charge on any atom is -0.323 e. The fourth-order valence-electron chi connectivity index (χ4n) is 1.29. The summed E-state index contributed by atoms with van der Waals surface area (Å²) in [5.74, 6) is 0.0595.